The second-order valence-corrected chi connectivity index (χ2v) is 3.98. The van der Waals surface area contributed by atoms with Gasteiger partial charge in [-0.2, -0.15) is 0 Å². The van der Waals surface area contributed by atoms with E-state index in [9.17, 15) is 4.39 Å². The first-order valence-electron chi connectivity index (χ1n) is 4.45. The monoisotopic (exact) mass is 256 g/mol. The van der Waals surface area contributed by atoms with Gasteiger partial charge in [0.1, 0.15) is 11.6 Å². The highest BCUT2D eigenvalue weighted by molar-refractivity contribution is 6.43. The van der Waals surface area contributed by atoms with Gasteiger partial charge < -0.3 is 5.73 Å². The van der Waals surface area contributed by atoms with Crippen molar-refractivity contribution < 1.29 is 4.39 Å². The normalized spacial score (nSPS) is 10.4. The molecule has 0 spiro atoms. The third-order valence-electron chi connectivity index (χ3n) is 2.12. The molecule has 0 saturated heterocycles. The second-order valence-electron chi connectivity index (χ2n) is 3.19. The summed E-state index contributed by atoms with van der Waals surface area (Å²) in [4.78, 5) is 3.82. The largest absolute Gasteiger partial charge is 0.384 e. The molecule has 0 unspecified atom stereocenters. The van der Waals surface area contributed by atoms with Crippen LogP contribution in [-0.4, -0.2) is 4.98 Å². The molecular formula is C11H7Cl2FN2. The van der Waals surface area contributed by atoms with Crippen molar-refractivity contribution in [1.29, 1.82) is 0 Å². The number of benzene rings is 1. The molecule has 2 rings (SSSR count). The van der Waals surface area contributed by atoms with Crippen molar-refractivity contribution in [3.8, 4) is 11.1 Å². The van der Waals surface area contributed by atoms with Crippen molar-refractivity contribution in [3.05, 3.63) is 46.3 Å². The van der Waals surface area contributed by atoms with Crippen LogP contribution < -0.4 is 5.73 Å². The number of anilines is 1. The molecule has 1 aromatic heterocycles. The Morgan fingerprint density at radius 2 is 1.94 bits per heavy atom. The highest BCUT2D eigenvalue weighted by Gasteiger charge is 2.11. The van der Waals surface area contributed by atoms with Crippen LogP contribution >= 0.6 is 23.2 Å². The molecule has 0 fully saturated rings. The Kier molecular flexibility index (Phi) is 2.99. The Morgan fingerprint density at radius 3 is 2.62 bits per heavy atom. The van der Waals surface area contributed by atoms with Crippen LogP contribution in [0.1, 0.15) is 0 Å². The van der Waals surface area contributed by atoms with E-state index in [2.05, 4.69) is 4.98 Å². The standard InChI is InChI=1S/C11H7Cl2FN2/c12-8-3-1-2-6(11(8)13)7-5-16-10(15)4-9(7)14/h1-5H,(H2,15,16). The molecule has 2 aromatic rings. The molecule has 0 aliphatic heterocycles. The fourth-order valence-corrected chi connectivity index (χ4v) is 1.76. The molecule has 0 radical (unpaired) electrons. The molecule has 2 nitrogen and oxygen atoms in total. The molecule has 1 aromatic carbocycles. The van der Waals surface area contributed by atoms with Crippen molar-refractivity contribution in [2.45, 2.75) is 0 Å². The van der Waals surface area contributed by atoms with Crippen LogP contribution in [-0.2, 0) is 0 Å². The zero-order valence-electron chi connectivity index (χ0n) is 8.05. The summed E-state index contributed by atoms with van der Waals surface area (Å²) in [7, 11) is 0. The second kappa shape index (κ2) is 4.28. The number of halogens is 3. The highest BCUT2D eigenvalue weighted by Crippen LogP contribution is 2.34. The van der Waals surface area contributed by atoms with Crippen LogP contribution in [0.2, 0.25) is 10.0 Å². The maximum Gasteiger partial charge on any atom is 0.136 e. The van der Waals surface area contributed by atoms with Crippen LogP contribution in [0, 0.1) is 5.82 Å². The van der Waals surface area contributed by atoms with Gasteiger partial charge in [0.2, 0.25) is 0 Å². The number of nitrogen functional groups attached to an aromatic ring is 1. The van der Waals surface area contributed by atoms with Gasteiger partial charge in [-0.15, -0.1) is 0 Å². The zero-order valence-corrected chi connectivity index (χ0v) is 9.56. The van der Waals surface area contributed by atoms with E-state index in [0.29, 0.717) is 15.6 Å². The Labute approximate surface area is 102 Å². The molecule has 0 aliphatic rings. The maximum absolute atomic E-state index is 13.6. The van der Waals surface area contributed by atoms with Gasteiger partial charge in [0.25, 0.3) is 0 Å². The first-order chi connectivity index (χ1) is 7.59. The summed E-state index contributed by atoms with van der Waals surface area (Å²) in [5.74, 6) is -0.351. The summed E-state index contributed by atoms with van der Waals surface area (Å²) >= 11 is 11.8. The van der Waals surface area contributed by atoms with Crippen LogP contribution in [0.5, 0.6) is 0 Å². The number of hydrogen-bond donors (Lipinski definition) is 1. The van der Waals surface area contributed by atoms with Gasteiger partial charge in [0.15, 0.2) is 0 Å². The topological polar surface area (TPSA) is 38.9 Å². The van der Waals surface area contributed by atoms with Gasteiger partial charge in [-0.3, -0.25) is 0 Å². The number of aromatic nitrogens is 1. The summed E-state index contributed by atoms with van der Waals surface area (Å²) in [6, 6.07) is 6.15. The number of nitrogens with zero attached hydrogens (tertiary/aromatic N) is 1. The average molecular weight is 257 g/mol. The van der Waals surface area contributed by atoms with E-state index in [4.69, 9.17) is 28.9 Å². The lowest BCUT2D eigenvalue weighted by molar-refractivity contribution is 0.630. The van der Waals surface area contributed by atoms with Gasteiger partial charge in [-0.05, 0) is 6.07 Å². The Balaban J connectivity index is 2.63. The van der Waals surface area contributed by atoms with Crippen molar-refractivity contribution in [2.24, 2.45) is 0 Å². The van der Waals surface area contributed by atoms with E-state index in [-0.39, 0.29) is 11.4 Å². The number of nitrogens with two attached hydrogens (primary N) is 1. The summed E-state index contributed by atoms with van der Waals surface area (Å²) in [6.45, 7) is 0. The fraction of sp³-hybridized carbons (Fsp3) is 0. The van der Waals surface area contributed by atoms with Gasteiger partial charge in [0, 0.05) is 23.4 Å². The molecule has 16 heavy (non-hydrogen) atoms. The van der Waals surface area contributed by atoms with Crippen molar-refractivity contribution in [3.63, 3.8) is 0 Å². The lowest BCUT2D eigenvalue weighted by atomic mass is 10.1. The predicted molar refractivity (Wildman–Crippen MR) is 64.1 cm³/mol. The maximum atomic E-state index is 13.6. The number of rotatable bonds is 1. The molecule has 0 aliphatic carbocycles. The smallest absolute Gasteiger partial charge is 0.136 e. The first-order valence-corrected chi connectivity index (χ1v) is 5.20. The third kappa shape index (κ3) is 1.96. The lowest BCUT2D eigenvalue weighted by Crippen LogP contribution is -1.93. The zero-order chi connectivity index (χ0) is 11.7. The first kappa shape index (κ1) is 11.2. The fourth-order valence-electron chi connectivity index (χ4n) is 1.36. The predicted octanol–water partition coefficient (Wildman–Crippen LogP) is 3.78. The highest BCUT2D eigenvalue weighted by atomic mass is 35.5. The Morgan fingerprint density at radius 1 is 1.19 bits per heavy atom. The summed E-state index contributed by atoms with van der Waals surface area (Å²) in [6.07, 6.45) is 1.34. The van der Waals surface area contributed by atoms with Gasteiger partial charge in [-0.25, -0.2) is 9.37 Å². The molecule has 0 atom stereocenters. The molecule has 1 heterocycles. The third-order valence-corrected chi connectivity index (χ3v) is 2.94. The van der Waals surface area contributed by atoms with Gasteiger partial charge in [0.05, 0.1) is 10.0 Å². The van der Waals surface area contributed by atoms with Crippen LogP contribution in [0.25, 0.3) is 11.1 Å². The van der Waals surface area contributed by atoms with E-state index in [1.165, 1.54) is 6.20 Å². The van der Waals surface area contributed by atoms with E-state index in [1.54, 1.807) is 18.2 Å². The molecule has 2 N–H and O–H groups in total. The average Bonchev–Trinajstić information content (AvgIpc) is 2.23. The van der Waals surface area contributed by atoms with Crippen LogP contribution in [0.3, 0.4) is 0 Å². The van der Waals surface area contributed by atoms with E-state index >= 15 is 0 Å². The van der Waals surface area contributed by atoms with E-state index in [0.717, 1.165) is 6.07 Å². The van der Waals surface area contributed by atoms with Gasteiger partial charge in [-0.1, -0.05) is 35.3 Å². The molecular weight excluding hydrogens is 250 g/mol. The van der Waals surface area contributed by atoms with Crippen molar-refractivity contribution in [1.82, 2.24) is 4.98 Å². The lowest BCUT2D eigenvalue weighted by Gasteiger charge is -2.07. The molecule has 82 valence electrons. The van der Waals surface area contributed by atoms with Crippen LogP contribution in [0.4, 0.5) is 10.2 Å². The molecule has 5 heteroatoms. The van der Waals surface area contributed by atoms with E-state index < -0.39 is 5.82 Å². The van der Waals surface area contributed by atoms with Gasteiger partial charge >= 0.3 is 0 Å². The summed E-state index contributed by atoms with van der Waals surface area (Å²) in [5, 5.41) is 0.671. The minimum absolute atomic E-state index is 0.124. The molecule has 0 saturated carbocycles. The number of hydrogen-bond acceptors (Lipinski definition) is 2. The van der Waals surface area contributed by atoms with E-state index in [1.807, 2.05) is 0 Å². The van der Waals surface area contributed by atoms with Crippen LogP contribution in [0.15, 0.2) is 30.5 Å². The number of pyridine rings is 1. The minimum atomic E-state index is -0.475. The minimum Gasteiger partial charge on any atom is -0.384 e. The quantitative estimate of drug-likeness (QED) is 0.844. The summed E-state index contributed by atoms with van der Waals surface area (Å²) < 4.78 is 13.6. The molecule has 0 bridgehead atoms. The summed E-state index contributed by atoms with van der Waals surface area (Å²) in [5.41, 5.74) is 6.14. The van der Waals surface area contributed by atoms with Crippen molar-refractivity contribution in [2.75, 3.05) is 5.73 Å². The Bertz CT molecular complexity index is 544. The van der Waals surface area contributed by atoms with Crippen molar-refractivity contribution >= 4 is 29.0 Å². The SMILES string of the molecule is Nc1cc(F)c(-c2cccc(Cl)c2Cl)cn1. The molecule has 0 amide bonds. The Hall–Kier alpha value is -1.32.